The van der Waals surface area contributed by atoms with Crippen LogP contribution in [0.1, 0.15) is 67.2 Å². The minimum atomic E-state index is -0.352. The van der Waals surface area contributed by atoms with Crippen molar-refractivity contribution in [3.63, 3.8) is 0 Å². The highest BCUT2D eigenvalue weighted by atomic mass is 16.2. The molecule has 0 saturated heterocycles. The number of hydrogen-bond donors (Lipinski definition) is 1. The van der Waals surface area contributed by atoms with Gasteiger partial charge in [0.1, 0.15) is 0 Å². The Balaban J connectivity index is 1.98. The molecule has 2 aromatic carbocycles. The third-order valence-corrected chi connectivity index (χ3v) is 6.32. The van der Waals surface area contributed by atoms with Crippen LogP contribution < -0.4 is 16.6 Å². The molecule has 1 atom stereocenters. The van der Waals surface area contributed by atoms with E-state index in [0.717, 1.165) is 23.1 Å². The van der Waals surface area contributed by atoms with E-state index in [1.807, 2.05) is 59.7 Å². The van der Waals surface area contributed by atoms with Crippen LogP contribution in [0.25, 0.3) is 16.7 Å². The van der Waals surface area contributed by atoms with E-state index in [0.29, 0.717) is 16.5 Å². The van der Waals surface area contributed by atoms with Gasteiger partial charge in [-0.25, -0.2) is 13.9 Å². The van der Waals surface area contributed by atoms with Crippen molar-refractivity contribution in [3.8, 4) is 0 Å². The largest absolute Gasteiger partial charge is 0.352 e. The fourth-order valence-electron chi connectivity index (χ4n) is 4.13. The fraction of sp³-hybridized carbons (Fsp3) is 0.385. The van der Waals surface area contributed by atoms with Crippen LogP contribution in [-0.2, 0) is 6.54 Å². The quantitative estimate of drug-likeness (QED) is 0.475. The lowest BCUT2D eigenvalue weighted by Gasteiger charge is -2.14. The molecule has 0 aliphatic rings. The van der Waals surface area contributed by atoms with E-state index in [1.54, 1.807) is 18.2 Å². The van der Waals surface area contributed by atoms with E-state index in [2.05, 4.69) is 10.4 Å². The molecule has 0 aliphatic carbocycles. The van der Waals surface area contributed by atoms with Crippen LogP contribution in [0.2, 0.25) is 0 Å². The predicted molar refractivity (Wildman–Crippen MR) is 134 cm³/mol. The normalized spacial score (nSPS) is 12.6. The first-order valence-electron chi connectivity index (χ1n) is 11.7. The molecule has 8 nitrogen and oxygen atoms in total. The molecule has 8 heteroatoms. The minimum absolute atomic E-state index is 0.0141. The molecule has 0 saturated carbocycles. The van der Waals surface area contributed by atoms with Gasteiger partial charge in [0.15, 0.2) is 0 Å². The number of aromatic nitrogens is 4. The third kappa shape index (κ3) is 4.04. The Morgan fingerprint density at radius 2 is 1.79 bits per heavy atom. The number of fused-ring (bicyclic) bond motifs is 3. The van der Waals surface area contributed by atoms with Crippen molar-refractivity contribution in [1.82, 2.24) is 24.1 Å². The van der Waals surface area contributed by atoms with Crippen molar-refractivity contribution in [2.45, 2.75) is 66.6 Å². The molecule has 2 heterocycles. The van der Waals surface area contributed by atoms with Crippen LogP contribution in [0.15, 0.2) is 46.0 Å². The zero-order valence-electron chi connectivity index (χ0n) is 20.5. The molecule has 1 unspecified atom stereocenters. The standard InChI is InChI=1S/C26H31N5O3/c1-7-18(6)27-23(32)19-10-11-21-22(13-19)31-25(30(15(2)3)24(21)33)28-29(26(31)34)14-20-12-16(4)8-9-17(20)5/h8-13,15,18H,7,14H2,1-6H3,(H,27,32). The van der Waals surface area contributed by atoms with Crippen LogP contribution in [0.4, 0.5) is 0 Å². The van der Waals surface area contributed by atoms with Gasteiger partial charge in [0.2, 0.25) is 5.78 Å². The molecule has 0 spiro atoms. The van der Waals surface area contributed by atoms with Crippen molar-refractivity contribution >= 4 is 22.6 Å². The zero-order valence-corrected chi connectivity index (χ0v) is 20.5. The number of benzene rings is 2. The molecule has 0 aliphatic heterocycles. The highest BCUT2D eigenvalue weighted by Gasteiger charge is 2.21. The number of carbonyl (C=O) groups is 1. The molecule has 4 rings (SSSR count). The van der Waals surface area contributed by atoms with E-state index in [4.69, 9.17) is 0 Å². The average Bonchev–Trinajstić information content (AvgIpc) is 3.11. The molecule has 1 N–H and O–H groups in total. The molecule has 34 heavy (non-hydrogen) atoms. The lowest BCUT2D eigenvalue weighted by Crippen LogP contribution is -2.32. The Morgan fingerprint density at radius 1 is 1.06 bits per heavy atom. The lowest BCUT2D eigenvalue weighted by molar-refractivity contribution is 0.0939. The molecule has 0 fully saturated rings. The van der Waals surface area contributed by atoms with Gasteiger partial charge in [0.05, 0.1) is 17.4 Å². The summed E-state index contributed by atoms with van der Waals surface area (Å²) in [5.74, 6) is 0.0237. The number of nitrogens with zero attached hydrogens (tertiary/aromatic N) is 4. The summed E-state index contributed by atoms with van der Waals surface area (Å²) in [6.07, 6.45) is 0.799. The zero-order chi connectivity index (χ0) is 24.7. The fourth-order valence-corrected chi connectivity index (χ4v) is 4.13. The van der Waals surface area contributed by atoms with Gasteiger partial charge in [-0.05, 0) is 70.4 Å². The Morgan fingerprint density at radius 3 is 2.47 bits per heavy atom. The van der Waals surface area contributed by atoms with Crippen molar-refractivity contribution in [2.24, 2.45) is 0 Å². The first-order chi connectivity index (χ1) is 16.1. The minimum Gasteiger partial charge on any atom is -0.350 e. The van der Waals surface area contributed by atoms with Crippen molar-refractivity contribution in [1.29, 1.82) is 0 Å². The summed E-state index contributed by atoms with van der Waals surface area (Å²) in [5.41, 5.74) is 3.33. The molecule has 0 radical (unpaired) electrons. The number of amides is 1. The Labute approximate surface area is 197 Å². The van der Waals surface area contributed by atoms with Crippen LogP contribution in [0, 0.1) is 13.8 Å². The van der Waals surface area contributed by atoms with Gasteiger partial charge >= 0.3 is 5.69 Å². The van der Waals surface area contributed by atoms with E-state index >= 15 is 0 Å². The third-order valence-electron chi connectivity index (χ3n) is 6.32. The summed E-state index contributed by atoms with van der Waals surface area (Å²) in [6, 6.07) is 10.8. The lowest BCUT2D eigenvalue weighted by atomic mass is 10.1. The van der Waals surface area contributed by atoms with E-state index in [-0.39, 0.29) is 41.6 Å². The topological polar surface area (TPSA) is 90.4 Å². The Bertz CT molecular complexity index is 1520. The summed E-state index contributed by atoms with van der Waals surface area (Å²) in [6.45, 7) is 12.0. The second-order valence-electron chi connectivity index (χ2n) is 9.29. The van der Waals surface area contributed by atoms with Crippen molar-refractivity contribution in [2.75, 3.05) is 0 Å². The molecule has 2 aromatic heterocycles. The van der Waals surface area contributed by atoms with E-state index < -0.39 is 0 Å². The van der Waals surface area contributed by atoms with Gasteiger partial charge in [-0.1, -0.05) is 30.7 Å². The van der Waals surface area contributed by atoms with E-state index in [9.17, 15) is 14.4 Å². The number of nitrogens with one attached hydrogen (secondary N) is 1. The Kier molecular flexibility index (Phi) is 6.17. The van der Waals surface area contributed by atoms with Crippen molar-refractivity contribution < 1.29 is 4.79 Å². The van der Waals surface area contributed by atoms with E-state index in [1.165, 1.54) is 13.6 Å². The smallest absolute Gasteiger partial charge is 0.350 e. The van der Waals surface area contributed by atoms with Crippen LogP contribution in [-0.4, -0.2) is 30.7 Å². The molecule has 0 bridgehead atoms. The van der Waals surface area contributed by atoms with Gasteiger partial charge in [0, 0.05) is 17.6 Å². The summed E-state index contributed by atoms with van der Waals surface area (Å²) < 4.78 is 4.37. The number of rotatable bonds is 6. The van der Waals surface area contributed by atoms with Crippen molar-refractivity contribution in [3.05, 3.63) is 79.5 Å². The molecular weight excluding hydrogens is 430 g/mol. The summed E-state index contributed by atoms with van der Waals surface area (Å²) >= 11 is 0. The summed E-state index contributed by atoms with van der Waals surface area (Å²) in [5, 5.41) is 7.88. The maximum atomic E-state index is 13.6. The maximum Gasteiger partial charge on any atom is 0.352 e. The Hall–Kier alpha value is -3.68. The number of aryl methyl sites for hydroxylation is 2. The molecule has 178 valence electrons. The van der Waals surface area contributed by atoms with Gasteiger partial charge in [0.25, 0.3) is 11.5 Å². The molecular formula is C26H31N5O3. The predicted octanol–water partition coefficient (Wildman–Crippen LogP) is 3.59. The summed E-state index contributed by atoms with van der Waals surface area (Å²) in [7, 11) is 0. The first-order valence-corrected chi connectivity index (χ1v) is 11.7. The average molecular weight is 462 g/mol. The number of hydrogen-bond acceptors (Lipinski definition) is 4. The molecule has 4 aromatic rings. The molecule has 1 amide bonds. The number of carbonyl (C=O) groups excluding carboxylic acids is 1. The van der Waals surface area contributed by atoms with Crippen LogP contribution >= 0.6 is 0 Å². The highest BCUT2D eigenvalue weighted by Crippen LogP contribution is 2.18. The first kappa shape index (κ1) is 23.5. The second kappa shape index (κ2) is 8.93. The highest BCUT2D eigenvalue weighted by molar-refractivity contribution is 5.98. The van der Waals surface area contributed by atoms with Gasteiger partial charge in [-0.2, -0.15) is 0 Å². The maximum absolute atomic E-state index is 13.6. The SMILES string of the molecule is CCC(C)NC(=O)c1ccc2c(=O)n(C(C)C)c3nn(Cc4cc(C)ccc4C)c(=O)n3c2c1. The van der Waals surface area contributed by atoms with Gasteiger partial charge < -0.3 is 5.32 Å². The summed E-state index contributed by atoms with van der Waals surface area (Å²) in [4.78, 5) is 39.7. The van der Waals surface area contributed by atoms with Crippen LogP contribution in [0.3, 0.4) is 0 Å². The van der Waals surface area contributed by atoms with Crippen LogP contribution in [0.5, 0.6) is 0 Å². The second-order valence-corrected chi connectivity index (χ2v) is 9.29. The van der Waals surface area contributed by atoms with Gasteiger partial charge in [-0.15, -0.1) is 5.10 Å². The van der Waals surface area contributed by atoms with Gasteiger partial charge in [-0.3, -0.25) is 14.2 Å². The monoisotopic (exact) mass is 461 g/mol.